The lowest BCUT2D eigenvalue weighted by molar-refractivity contribution is 0.229. The van der Waals surface area contributed by atoms with Gasteiger partial charge < -0.3 is 20.8 Å². The molecule has 1 aromatic rings. The van der Waals surface area contributed by atoms with E-state index in [4.69, 9.17) is 10.8 Å². The van der Waals surface area contributed by atoms with Gasteiger partial charge in [-0.1, -0.05) is 0 Å². The van der Waals surface area contributed by atoms with Gasteiger partial charge in [-0.3, -0.25) is 9.48 Å². The number of aliphatic hydroxyl groups excluding tert-OH is 2. The van der Waals surface area contributed by atoms with E-state index in [1.165, 1.54) is 11.1 Å². The molecule has 0 radical (unpaired) electrons. The Kier molecular flexibility index (Phi) is 4.49. The molecule has 1 saturated heterocycles. The maximum Gasteiger partial charge on any atom is 0.292 e. The lowest BCUT2D eigenvalue weighted by atomic mass is 10.1. The zero-order chi connectivity index (χ0) is 13.8. The van der Waals surface area contributed by atoms with Crippen molar-refractivity contribution in [1.29, 1.82) is 0 Å². The average Bonchev–Trinajstić information content (AvgIpc) is 2.66. The largest absolute Gasteiger partial charge is 0.394 e. The van der Waals surface area contributed by atoms with Crippen LogP contribution < -0.4 is 16.2 Å². The Bertz CT molecular complexity index is 474. The summed E-state index contributed by atoms with van der Waals surface area (Å²) in [5.74, 6) is 0.687. The van der Waals surface area contributed by atoms with E-state index in [0.29, 0.717) is 12.4 Å². The Balaban J connectivity index is 2.44. The van der Waals surface area contributed by atoms with Crippen LogP contribution in [0.3, 0.4) is 0 Å². The molecular weight excluding hydrogens is 248 g/mol. The van der Waals surface area contributed by atoms with E-state index in [-0.39, 0.29) is 31.0 Å². The monoisotopic (exact) mass is 270 g/mol. The van der Waals surface area contributed by atoms with E-state index in [1.54, 1.807) is 4.68 Å². The highest BCUT2D eigenvalue weighted by Gasteiger charge is 2.23. The minimum Gasteiger partial charge on any atom is -0.394 e. The molecule has 2 heterocycles. The van der Waals surface area contributed by atoms with Crippen LogP contribution >= 0.6 is 0 Å². The number of rotatable bonds is 5. The maximum absolute atomic E-state index is 12.1. The van der Waals surface area contributed by atoms with Crippen LogP contribution in [0.1, 0.15) is 19.3 Å². The highest BCUT2D eigenvalue weighted by Crippen LogP contribution is 2.24. The quantitative estimate of drug-likeness (QED) is 0.651. The predicted molar refractivity (Wildman–Crippen MR) is 73.3 cm³/mol. The van der Waals surface area contributed by atoms with Gasteiger partial charge in [0.25, 0.3) is 5.56 Å². The van der Waals surface area contributed by atoms with Crippen molar-refractivity contribution in [3.05, 3.63) is 10.4 Å². The molecule has 0 amide bonds. The summed E-state index contributed by atoms with van der Waals surface area (Å²) in [5.41, 5.74) is 5.86. The van der Waals surface area contributed by atoms with Gasteiger partial charge in [-0.15, -0.1) is 0 Å². The fourth-order valence-electron chi connectivity index (χ4n) is 2.68. The van der Waals surface area contributed by atoms with Gasteiger partial charge in [0.2, 0.25) is 0 Å². The molecular formula is C12H22N4O3. The minimum absolute atomic E-state index is 0.0696. The van der Waals surface area contributed by atoms with Crippen molar-refractivity contribution in [1.82, 2.24) is 9.36 Å². The highest BCUT2D eigenvalue weighted by molar-refractivity contribution is 5.63. The predicted octanol–water partition coefficient (Wildman–Crippen LogP) is -0.793. The van der Waals surface area contributed by atoms with Crippen molar-refractivity contribution in [2.24, 2.45) is 0 Å². The summed E-state index contributed by atoms with van der Waals surface area (Å²) in [4.78, 5) is 14.2. The average molecular weight is 270 g/mol. The molecule has 4 N–H and O–H groups in total. The number of hydrogen-bond acceptors (Lipinski definition) is 5. The second kappa shape index (κ2) is 6.12. The Morgan fingerprint density at radius 3 is 2.16 bits per heavy atom. The van der Waals surface area contributed by atoms with E-state index in [1.807, 2.05) is 0 Å². The Hall–Kier alpha value is -1.47. The summed E-state index contributed by atoms with van der Waals surface area (Å²) < 4.78 is 3.11. The number of anilines is 2. The SMILES string of the molecule is Nc1c(N2CCCCC2)n(CCO)n(CCO)c1=O. The number of aromatic nitrogens is 2. The number of piperidine rings is 1. The van der Waals surface area contributed by atoms with Crippen LogP contribution in [0.2, 0.25) is 0 Å². The number of nitrogen functional groups attached to an aromatic ring is 1. The third-order valence-corrected chi connectivity index (χ3v) is 3.52. The van der Waals surface area contributed by atoms with Gasteiger partial charge >= 0.3 is 0 Å². The van der Waals surface area contributed by atoms with Crippen molar-refractivity contribution >= 4 is 11.5 Å². The molecule has 0 spiro atoms. The van der Waals surface area contributed by atoms with Crippen LogP contribution in [0.5, 0.6) is 0 Å². The molecule has 108 valence electrons. The number of nitrogens with zero attached hydrogens (tertiary/aromatic N) is 3. The fraction of sp³-hybridized carbons (Fsp3) is 0.750. The van der Waals surface area contributed by atoms with Gasteiger partial charge in [-0.25, -0.2) is 4.68 Å². The normalized spacial score (nSPS) is 16.0. The van der Waals surface area contributed by atoms with Crippen LogP contribution in [0, 0.1) is 0 Å². The molecule has 0 bridgehead atoms. The van der Waals surface area contributed by atoms with E-state index in [0.717, 1.165) is 25.9 Å². The van der Waals surface area contributed by atoms with Gasteiger partial charge in [0.1, 0.15) is 5.69 Å². The first-order valence-electron chi connectivity index (χ1n) is 6.76. The Morgan fingerprint density at radius 1 is 1.00 bits per heavy atom. The first kappa shape index (κ1) is 14.0. The summed E-state index contributed by atoms with van der Waals surface area (Å²) in [6.45, 7) is 2.04. The first-order chi connectivity index (χ1) is 9.20. The molecule has 0 unspecified atom stereocenters. The van der Waals surface area contributed by atoms with Crippen molar-refractivity contribution in [3.8, 4) is 0 Å². The van der Waals surface area contributed by atoms with Crippen LogP contribution in [0.4, 0.5) is 11.5 Å². The molecule has 7 nitrogen and oxygen atoms in total. The third-order valence-electron chi connectivity index (χ3n) is 3.52. The molecule has 1 aliphatic rings. The fourth-order valence-corrected chi connectivity index (χ4v) is 2.68. The molecule has 19 heavy (non-hydrogen) atoms. The van der Waals surface area contributed by atoms with Gasteiger partial charge in [0.05, 0.1) is 26.3 Å². The zero-order valence-electron chi connectivity index (χ0n) is 11.1. The molecule has 2 rings (SSSR count). The van der Waals surface area contributed by atoms with Gasteiger partial charge in [0, 0.05) is 13.1 Å². The van der Waals surface area contributed by atoms with Gasteiger partial charge in [-0.2, -0.15) is 0 Å². The number of hydrogen-bond donors (Lipinski definition) is 3. The van der Waals surface area contributed by atoms with Crippen molar-refractivity contribution in [2.75, 3.05) is 36.9 Å². The van der Waals surface area contributed by atoms with Crippen LogP contribution in [-0.2, 0) is 13.1 Å². The summed E-state index contributed by atoms with van der Waals surface area (Å²) >= 11 is 0. The number of nitrogens with two attached hydrogens (primary N) is 1. The van der Waals surface area contributed by atoms with E-state index >= 15 is 0 Å². The molecule has 7 heteroatoms. The van der Waals surface area contributed by atoms with Gasteiger partial charge in [-0.05, 0) is 19.3 Å². The topological polar surface area (TPSA) is 96.7 Å². The first-order valence-corrected chi connectivity index (χ1v) is 6.76. The Morgan fingerprint density at radius 2 is 1.58 bits per heavy atom. The van der Waals surface area contributed by atoms with Gasteiger partial charge in [0.15, 0.2) is 5.82 Å². The summed E-state index contributed by atoms with van der Waals surface area (Å²) in [7, 11) is 0. The van der Waals surface area contributed by atoms with Crippen molar-refractivity contribution in [2.45, 2.75) is 32.4 Å². The molecule has 0 atom stereocenters. The van der Waals surface area contributed by atoms with Crippen molar-refractivity contribution < 1.29 is 10.2 Å². The zero-order valence-corrected chi connectivity index (χ0v) is 11.1. The summed E-state index contributed by atoms with van der Waals surface area (Å²) in [5, 5.41) is 18.2. The van der Waals surface area contributed by atoms with Crippen LogP contribution in [-0.4, -0.2) is 45.9 Å². The summed E-state index contributed by atoms with van der Waals surface area (Å²) in [6, 6.07) is 0. The third kappa shape index (κ3) is 2.62. The second-order valence-electron chi connectivity index (χ2n) is 4.78. The van der Waals surface area contributed by atoms with E-state index in [9.17, 15) is 9.90 Å². The summed E-state index contributed by atoms with van der Waals surface area (Å²) in [6.07, 6.45) is 3.36. The molecule has 0 aromatic carbocycles. The highest BCUT2D eigenvalue weighted by atomic mass is 16.3. The maximum atomic E-state index is 12.1. The lowest BCUT2D eigenvalue weighted by Crippen LogP contribution is -2.33. The number of aliphatic hydroxyl groups is 2. The molecule has 1 aromatic heterocycles. The molecule has 1 fully saturated rings. The van der Waals surface area contributed by atoms with E-state index < -0.39 is 0 Å². The lowest BCUT2D eigenvalue weighted by Gasteiger charge is -2.30. The molecule has 1 aliphatic heterocycles. The van der Waals surface area contributed by atoms with Crippen molar-refractivity contribution in [3.63, 3.8) is 0 Å². The molecule has 0 aliphatic carbocycles. The standard InChI is InChI=1S/C12H22N4O3/c13-10-11(14-4-2-1-3-5-14)15(6-8-17)16(7-9-18)12(10)19/h17-18H,1-9,13H2. The van der Waals surface area contributed by atoms with Crippen LogP contribution in [0.15, 0.2) is 4.79 Å². The van der Waals surface area contributed by atoms with E-state index in [2.05, 4.69) is 4.90 Å². The smallest absolute Gasteiger partial charge is 0.292 e. The minimum atomic E-state index is -0.289. The Labute approximate surface area is 111 Å². The second-order valence-corrected chi connectivity index (χ2v) is 4.78. The molecule has 0 saturated carbocycles. The van der Waals surface area contributed by atoms with Crippen LogP contribution in [0.25, 0.3) is 0 Å².